The molecule has 96 valence electrons. The van der Waals surface area contributed by atoms with Crippen LogP contribution in [0.15, 0.2) is 18.2 Å². The van der Waals surface area contributed by atoms with Gasteiger partial charge < -0.3 is 10.4 Å². The summed E-state index contributed by atoms with van der Waals surface area (Å²) in [7, 11) is 0. The Morgan fingerprint density at radius 3 is 2.56 bits per heavy atom. The molecule has 1 amide bonds. The molecule has 3 heteroatoms. The summed E-state index contributed by atoms with van der Waals surface area (Å²) < 4.78 is 0. The van der Waals surface area contributed by atoms with Crippen LogP contribution in [0.25, 0.3) is 0 Å². The lowest BCUT2D eigenvalue weighted by Gasteiger charge is -2.06. The zero-order valence-electron chi connectivity index (χ0n) is 10.6. The summed E-state index contributed by atoms with van der Waals surface area (Å²) >= 11 is 0. The van der Waals surface area contributed by atoms with Crippen molar-refractivity contribution in [2.45, 2.75) is 32.6 Å². The first-order chi connectivity index (χ1) is 8.66. The monoisotopic (exact) mass is 245 g/mol. The van der Waals surface area contributed by atoms with Crippen molar-refractivity contribution in [3.8, 4) is 5.75 Å². The molecule has 0 spiro atoms. The minimum absolute atomic E-state index is 0.164. The quantitative estimate of drug-likeness (QED) is 0.787. The minimum atomic E-state index is 0.164. The second-order valence-corrected chi connectivity index (χ2v) is 5.63. The van der Waals surface area contributed by atoms with Crippen LogP contribution in [0.1, 0.15) is 31.2 Å². The molecule has 2 aliphatic carbocycles. The lowest BCUT2D eigenvalue weighted by molar-refractivity contribution is -0.117. The molecule has 2 saturated carbocycles. The van der Waals surface area contributed by atoms with Crippen LogP contribution in [-0.4, -0.2) is 11.0 Å². The second-order valence-electron chi connectivity index (χ2n) is 5.63. The normalized spacial score (nSPS) is 29.5. The van der Waals surface area contributed by atoms with Crippen molar-refractivity contribution in [1.29, 1.82) is 0 Å². The predicted octanol–water partition coefficient (Wildman–Crippen LogP) is 3.08. The van der Waals surface area contributed by atoms with E-state index in [1.165, 1.54) is 25.7 Å². The van der Waals surface area contributed by atoms with E-state index >= 15 is 0 Å². The summed E-state index contributed by atoms with van der Waals surface area (Å²) in [6.45, 7) is 1.84. The first kappa shape index (κ1) is 11.6. The first-order valence-electron chi connectivity index (χ1n) is 6.77. The summed E-state index contributed by atoms with van der Waals surface area (Å²) in [5.74, 6) is 1.95. The van der Waals surface area contributed by atoms with E-state index in [1.54, 1.807) is 12.1 Å². The number of hydrogen-bond acceptors (Lipinski definition) is 2. The molecule has 2 unspecified atom stereocenters. The number of aryl methyl sites for hydroxylation is 1. The number of nitrogens with one attached hydrogen (secondary N) is 1. The minimum Gasteiger partial charge on any atom is -0.508 e. The summed E-state index contributed by atoms with van der Waals surface area (Å²) in [5.41, 5.74) is 1.58. The van der Waals surface area contributed by atoms with Crippen LogP contribution in [0.2, 0.25) is 0 Å². The number of aromatic hydroxyl groups is 1. The van der Waals surface area contributed by atoms with E-state index in [4.69, 9.17) is 0 Å². The lowest BCUT2D eigenvalue weighted by Crippen LogP contribution is -2.15. The van der Waals surface area contributed by atoms with Crippen LogP contribution >= 0.6 is 0 Å². The van der Waals surface area contributed by atoms with E-state index in [-0.39, 0.29) is 17.6 Å². The maximum absolute atomic E-state index is 12.2. The highest BCUT2D eigenvalue weighted by Crippen LogP contribution is 2.55. The summed E-state index contributed by atoms with van der Waals surface area (Å²) in [5, 5.41) is 12.4. The standard InChI is InChI=1S/C15H19NO2/c1-9-8-10(6-7-13(9)17)16-15(18)14-11-4-2-3-5-12(11)14/h6-8,11-12,14,17H,2-5H2,1H3,(H,16,18). The third-order valence-electron chi connectivity index (χ3n) is 4.42. The van der Waals surface area contributed by atoms with Crippen molar-refractivity contribution < 1.29 is 9.90 Å². The van der Waals surface area contributed by atoms with Crippen molar-refractivity contribution in [2.24, 2.45) is 17.8 Å². The van der Waals surface area contributed by atoms with Crippen molar-refractivity contribution >= 4 is 11.6 Å². The van der Waals surface area contributed by atoms with Gasteiger partial charge in [-0.1, -0.05) is 12.8 Å². The van der Waals surface area contributed by atoms with Gasteiger partial charge in [0.05, 0.1) is 0 Å². The van der Waals surface area contributed by atoms with E-state index in [0.717, 1.165) is 11.3 Å². The first-order valence-corrected chi connectivity index (χ1v) is 6.77. The van der Waals surface area contributed by atoms with Gasteiger partial charge >= 0.3 is 0 Å². The molecule has 1 aromatic rings. The molecule has 0 aromatic heterocycles. The van der Waals surface area contributed by atoms with Gasteiger partial charge in [-0.25, -0.2) is 0 Å². The molecule has 2 atom stereocenters. The van der Waals surface area contributed by atoms with Gasteiger partial charge in [0.25, 0.3) is 0 Å². The van der Waals surface area contributed by atoms with Gasteiger partial charge in [-0.2, -0.15) is 0 Å². The number of rotatable bonds is 2. The Kier molecular flexibility index (Phi) is 2.77. The number of phenols is 1. The summed E-state index contributed by atoms with van der Waals surface area (Å²) in [4.78, 5) is 12.2. The number of hydrogen-bond donors (Lipinski definition) is 2. The Morgan fingerprint density at radius 1 is 1.28 bits per heavy atom. The molecule has 2 N–H and O–H groups in total. The predicted molar refractivity (Wildman–Crippen MR) is 70.4 cm³/mol. The average Bonchev–Trinajstić information content (AvgIpc) is 3.08. The third kappa shape index (κ3) is 1.98. The van der Waals surface area contributed by atoms with E-state index in [1.807, 2.05) is 13.0 Å². The van der Waals surface area contributed by atoms with Gasteiger partial charge in [0.1, 0.15) is 5.75 Å². The zero-order chi connectivity index (χ0) is 12.7. The van der Waals surface area contributed by atoms with Gasteiger partial charge in [0.15, 0.2) is 0 Å². The smallest absolute Gasteiger partial charge is 0.228 e. The van der Waals surface area contributed by atoms with E-state index in [2.05, 4.69) is 5.32 Å². The number of anilines is 1. The van der Waals surface area contributed by atoms with Crippen molar-refractivity contribution in [3.63, 3.8) is 0 Å². The Labute approximate surface area is 107 Å². The second kappa shape index (κ2) is 4.30. The highest BCUT2D eigenvalue weighted by atomic mass is 16.3. The van der Waals surface area contributed by atoms with Crippen molar-refractivity contribution in [2.75, 3.05) is 5.32 Å². The largest absolute Gasteiger partial charge is 0.508 e. The van der Waals surface area contributed by atoms with Crippen molar-refractivity contribution in [1.82, 2.24) is 0 Å². The Balaban J connectivity index is 1.66. The molecule has 0 radical (unpaired) electrons. The molecule has 0 saturated heterocycles. The molecule has 0 aliphatic heterocycles. The molecule has 0 heterocycles. The fourth-order valence-corrected chi connectivity index (χ4v) is 3.34. The number of carbonyl (C=O) groups is 1. The fraction of sp³-hybridized carbons (Fsp3) is 0.533. The number of benzene rings is 1. The topological polar surface area (TPSA) is 49.3 Å². The fourth-order valence-electron chi connectivity index (χ4n) is 3.34. The SMILES string of the molecule is Cc1cc(NC(=O)C2C3CCCCC32)ccc1O. The van der Waals surface area contributed by atoms with Gasteiger partial charge in [-0.3, -0.25) is 4.79 Å². The van der Waals surface area contributed by atoms with Gasteiger partial charge in [0.2, 0.25) is 5.91 Å². The van der Waals surface area contributed by atoms with Crippen LogP contribution < -0.4 is 5.32 Å². The molecule has 1 aromatic carbocycles. The number of phenolic OH excluding ortho intramolecular Hbond substituents is 1. The molecule has 0 bridgehead atoms. The van der Waals surface area contributed by atoms with E-state index in [0.29, 0.717) is 11.8 Å². The maximum atomic E-state index is 12.2. The maximum Gasteiger partial charge on any atom is 0.228 e. The van der Waals surface area contributed by atoms with Gasteiger partial charge in [-0.05, 0) is 55.4 Å². The molecule has 18 heavy (non-hydrogen) atoms. The third-order valence-corrected chi connectivity index (χ3v) is 4.42. The molecular weight excluding hydrogens is 226 g/mol. The molecule has 2 fully saturated rings. The van der Waals surface area contributed by atoms with Crippen LogP contribution in [0.3, 0.4) is 0 Å². The van der Waals surface area contributed by atoms with Crippen LogP contribution in [0.4, 0.5) is 5.69 Å². The van der Waals surface area contributed by atoms with Gasteiger partial charge in [-0.15, -0.1) is 0 Å². The Bertz CT molecular complexity index is 471. The molecule has 3 nitrogen and oxygen atoms in total. The lowest BCUT2D eigenvalue weighted by atomic mass is 10.0. The number of fused-ring (bicyclic) bond motifs is 1. The van der Waals surface area contributed by atoms with Crippen LogP contribution in [0.5, 0.6) is 5.75 Å². The van der Waals surface area contributed by atoms with Crippen LogP contribution in [0, 0.1) is 24.7 Å². The van der Waals surface area contributed by atoms with Crippen LogP contribution in [-0.2, 0) is 4.79 Å². The molecule has 3 rings (SSSR count). The highest BCUT2D eigenvalue weighted by Gasteiger charge is 2.54. The molecular formula is C15H19NO2. The van der Waals surface area contributed by atoms with Gasteiger partial charge in [0, 0.05) is 11.6 Å². The summed E-state index contributed by atoms with van der Waals surface area (Å²) in [6, 6.07) is 5.20. The zero-order valence-corrected chi connectivity index (χ0v) is 10.6. The number of amides is 1. The Morgan fingerprint density at radius 2 is 1.94 bits per heavy atom. The van der Waals surface area contributed by atoms with Crippen molar-refractivity contribution in [3.05, 3.63) is 23.8 Å². The highest BCUT2D eigenvalue weighted by molar-refractivity contribution is 5.95. The average molecular weight is 245 g/mol. The van der Waals surface area contributed by atoms with E-state index < -0.39 is 0 Å². The Hall–Kier alpha value is -1.51. The van der Waals surface area contributed by atoms with E-state index in [9.17, 15) is 9.90 Å². The number of carbonyl (C=O) groups excluding carboxylic acids is 1. The summed E-state index contributed by atoms with van der Waals surface area (Å²) in [6.07, 6.45) is 5.00. The molecule has 2 aliphatic rings.